The number of rotatable bonds is 3. The van der Waals surface area contributed by atoms with Gasteiger partial charge in [0.2, 0.25) is 5.91 Å². The third kappa shape index (κ3) is 3.90. The van der Waals surface area contributed by atoms with Crippen LogP contribution in [0.2, 0.25) is 0 Å². The third-order valence-corrected chi connectivity index (χ3v) is 3.89. The van der Waals surface area contributed by atoms with Crippen LogP contribution in [0.15, 0.2) is 34.8 Å². The minimum Gasteiger partial charge on any atom is -0.309 e. The molecule has 0 aliphatic carbocycles. The van der Waals surface area contributed by atoms with Crippen molar-refractivity contribution in [1.29, 1.82) is 0 Å². The first kappa shape index (κ1) is 17.0. The molecule has 0 fully saturated rings. The molecule has 6 heteroatoms. The highest BCUT2D eigenvalue weighted by Gasteiger charge is 2.22. The molecule has 0 radical (unpaired) electrons. The van der Waals surface area contributed by atoms with Crippen LogP contribution in [0.3, 0.4) is 0 Å². The van der Waals surface area contributed by atoms with Crippen molar-refractivity contribution in [3.8, 4) is 5.69 Å². The van der Waals surface area contributed by atoms with Gasteiger partial charge >= 0.3 is 0 Å². The second-order valence-corrected chi connectivity index (χ2v) is 7.73. The highest BCUT2D eigenvalue weighted by atomic mass is 79.9. The Morgan fingerprint density at radius 2 is 1.91 bits per heavy atom. The third-order valence-electron chi connectivity index (χ3n) is 3.16. The molecule has 22 heavy (non-hydrogen) atoms. The summed E-state index contributed by atoms with van der Waals surface area (Å²) in [5.74, 6) is 0.366. The zero-order valence-corrected chi connectivity index (χ0v) is 15.4. The Balaban J connectivity index is 2.48. The fraction of sp³-hybridized carbons (Fsp3) is 0.375. The summed E-state index contributed by atoms with van der Waals surface area (Å²) in [6.07, 6.45) is 0. The van der Waals surface area contributed by atoms with Gasteiger partial charge in [0.05, 0.1) is 11.4 Å². The summed E-state index contributed by atoms with van der Waals surface area (Å²) in [6, 6.07) is 9.62. The first-order valence-electron chi connectivity index (χ1n) is 7.00. The lowest BCUT2D eigenvalue weighted by Crippen LogP contribution is -2.22. The summed E-state index contributed by atoms with van der Waals surface area (Å²) in [4.78, 5) is 11.9. The molecule has 1 amide bonds. The molecule has 0 aliphatic rings. The van der Waals surface area contributed by atoms with E-state index in [-0.39, 0.29) is 11.3 Å². The minimum absolute atomic E-state index is 0.118. The summed E-state index contributed by atoms with van der Waals surface area (Å²) in [6.45, 7) is 7.88. The van der Waals surface area contributed by atoms with Gasteiger partial charge in [-0.1, -0.05) is 36.7 Å². The Morgan fingerprint density at radius 1 is 1.32 bits per heavy atom. The van der Waals surface area contributed by atoms with Crippen LogP contribution >= 0.6 is 27.5 Å². The second kappa shape index (κ2) is 6.42. The largest absolute Gasteiger partial charge is 0.309 e. The molecule has 1 unspecified atom stereocenters. The van der Waals surface area contributed by atoms with Crippen molar-refractivity contribution in [3.05, 3.63) is 40.5 Å². The predicted octanol–water partition coefficient (Wildman–Crippen LogP) is 4.50. The molecular formula is C16H19BrClN3O. The van der Waals surface area contributed by atoms with Gasteiger partial charge in [0.25, 0.3) is 0 Å². The molecule has 1 atom stereocenters. The van der Waals surface area contributed by atoms with Gasteiger partial charge in [-0.3, -0.25) is 4.79 Å². The number of nitrogens with one attached hydrogen (secondary N) is 1. The molecule has 0 bridgehead atoms. The molecule has 1 aromatic carbocycles. The van der Waals surface area contributed by atoms with Crippen LogP contribution < -0.4 is 5.32 Å². The molecule has 0 saturated carbocycles. The Hall–Kier alpha value is -1.33. The van der Waals surface area contributed by atoms with E-state index in [2.05, 4.69) is 47.1 Å². The number of anilines is 1. The van der Waals surface area contributed by atoms with E-state index < -0.39 is 5.38 Å². The van der Waals surface area contributed by atoms with E-state index in [1.165, 1.54) is 0 Å². The lowest BCUT2D eigenvalue weighted by molar-refractivity contribution is -0.115. The molecular weight excluding hydrogens is 366 g/mol. The summed E-state index contributed by atoms with van der Waals surface area (Å²) in [7, 11) is 0. The van der Waals surface area contributed by atoms with E-state index in [0.717, 1.165) is 15.9 Å². The van der Waals surface area contributed by atoms with Crippen molar-refractivity contribution >= 4 is 39.3 Å². The van der Waals surface area contributed by atoms with Crippen LogP contribution in [0.4, 0.5) is 5.82 Å². The maximum atomic E-state index is 11.9. The number of aromatic nitrogens is 2. The Morgan fingerprint density at radius 3 is 2.41 bits per heavy atom. The standard InChI is InChI=1S/C16H19BrClN3O/c1-10(18)15(22)19-14-9-13(16(2,3)4)20-21(14)12-7-5-11(17)6-8-12/h5-10H,1-4H3,(H,19,22). The van der Waals surface area contributed by atoms with Gasteiger partial charge in [-0.2, -0.15) is 5.10 Å². The number of amides is 1. The van der Waals surface area contributed by atoms with Gasteiger partial charge in [-0.25, -0.2) is 4.68 Å². The lowest BCUT2D eigenvalue weighted by Gasteiger charge is -2.14. The van der Waals surface area contributed by atoms with Gasteiger partial charge < -0.3 is 5.32 Å². The number of benzene rings is 1. The van der Waals surface area contributed by atoms with Crippen molar-refractivity contribution in [2.45, 2.75) is 38.5 Å². The first-order chi connectivity index (χ1) is 10.2. The maximum absolute atomic E-state index is 11.9. The van der Waals surface area contributed by atoms with Crippen LogP contribution in [-0.2, 0) is 10.2 Å². The topological polar surface area (TPSA) is 46.9 Å². The van der Waals surface area contributed by atoms with Crippen molar-refractivity contribution in [2.24, 2.45) is 0 Å². The normalized spacial score (nSPS) is 13.0. The van der Waals surface area contributed by atoms with Gasteiger partial charge in [0.15, 0.2) is 0 Å². The fourth-order valence-electron chi connectivity index (χ4n) is 1.84. The molecule has 2 aromatic rings. The molecule has 118 valence electrons. The first-order valence-corrected chi connectivity index (χ1v) is 8.23. The van der Waals surface area contributed by atoms with Gasteiger partial charge in [0, 0.05) is 16.0 Å². The quantitative estimate of drug-likeness (QED) is 0.792. The van der Waals surface area contributed by atoms with Crippen LogP contribution in [0.25, 0.3) is 5.69 Å². The average molecular weight is 385 g/mol. The van der Waals surface area contributed by atoms with Crippen molar-refractivity contribution < 1.29 is 4.79 Å². The molecule has 2 rings (SSSR count). The Bertz CT molecular complexity index is 672. The number of nitrogens with zero attached hydrogens (tertiary/aromatic N) is 2. The molecule has 0 spiro atoms. The zero-order chi connectivity index (χ0) is 16.5. The Labute approximate surface area is 144 Å². The molecule has 1 aromatic heterocycles. The second-order valence-electron chi connectivity index (χ2n) is 6.16. The lowest BCUT2D eigenvalue weighted by atomic mass is 9.92. The smallest absolute Gasteiger partial charge is 0.243 e. The van der Waals surface area contributed by atoms with Crippen LogP contribution in [0.1, 0.15) is 33.4 Å². The van der Waals surface area contributed by atoms with Crippen molar-refractivity contribution in [2.75, 3.05) is 5.32 Å². The van der Waals surface area contributed by atoms with E-state index >= 15 is 0 Å². The van der Waals surface area contributed by atoms with Gasteiger partial charge in [-0.05, 0) is 31.2 Å². The van der Waals surface area contributed by atoms with E-state index in [1.807, 2.05) is 30.3 Å². The highest BCUT2D eigenvalue weighted by molar-refractivity contribution is 9.10. The van der Waals surface area contributed by atoms with Crippen molar-refractivity contribution in [3.63, 3.8) is 0 Å². The predicted molar refractivity (Wildman–Crippen MR) is 93.9 cm³/mol. The maximum Gasteiger partial charge on any atom is 0.243 e. The molecule has 1 N–H and O–H groups in total. The van der Waals surface area contributed by atoms with E-state index in [9.17, 15) is 4.79 Å². The number of carbonyl (C=O) groups excluding carboxylic acids is 1. The Kier molecular flexibility index (Phi) is 4.97. The average Bonchev–Trinajstić information content (AvgIpc) is 2.83. The summed E-state index contributed by atoms with van der Waals surface area (Å²) < 4.78 is 2.71. The number of hydrogen-bond donors (Lipinski definition) is 1. The summed E-state index contributed by atoms with van der Waals surface area (Å²) in [5.41, 5.74) is 1.65. The molecule has 1 heterocycles. The number of carbonyl (C=O) groups is 1. The van der Waals surface area contributed by atoms with Gasteiger partial charge in [0.1, 0.15) is 11.2 Å². The molecule has 0 saturated heterocycles. The van der Waals surface area contributed by atoms with E-state index in [4.69, 9.17) is 11.6 Å². The number of hydrogen-bond acceptors (Lipinski definition) is 2. The van der Waals surface area contributed by atoms with E-state index in [1.54, 1.807) is 11.6 Å². The van der Waals surface area contributed by atoms with E-state index in [0.29, 0.717) is 5.82 Å². The fourth-order valence-corrected chi connectivity index (χ4v) is 2.16. The minimum atomic E-state index is -0.605. The van der Waals surface area contributed by atoms with Crippen LogP contribution in [0, 0.1) is 0 Å². The highest BCUT2D eigenvalue weighted by Crippen LogP contribution is 2.27. The SMILES string of the molecule is CC(Cl)C(=O)Nc1cc(C(C)(C)C)nn1-c1ccc(Br)cc1. The molecule has 4 nitrogen and oxygen atoms in total. The molecule has 0 aliphatic heterocycles. The number of alkyl halides is 1. The van der Waals surface area contributed by atoms with Gasteiger partial charge in [-0.15, -0.1) is 11.6 Å². The monoisotopic (exact) mass is 383 g/mol. The van der Waals surface area contributed by atoms with Crippen LogP contribution in [-0.4, -0.2) is 21.1 Å². The number of halogens is 2. The zero-order valence-electron chi connectivity index (χ0n) is 13.0. The van der Waals surface area contributed by atoms with Crippen LogP contribution in [0.5, 0.6) is 0 Å². The summed E-state index contributed by atoms with van der Waals surface area (Å²) in [5, 5.41) is 6.87. The summed E-state index contributed by atoms with van der Waals surface area (Å²) >= 11 is 9.26. The van der Waals surface area contributed by atoms with Crippen molar-refractivity contribution in [1.82, 2.24) is 9.78 Å².